The Labute approximate surface area is 208 Å². The van der Waals surface area contributed by atoms with E-state index >= 15 is 0 Å². The lowest BCUT2D eigenvalue weighted by Gasteiger charge is -2.32. The Bertz CT molecular complexity index is 990. The summed E-state index contributed by atoms with van der Waals surface area (Å²) in [5.41, 5.74) is 1.92. The van der Waals surface area contributed by atoms with Gasteiger partial charge in [0, 0.05) is 30.1 Å². The predicted octanol–water partition coefficient (Wildman–Crippen LogP) is 3.19. The van der Waals surface area contributed by atoms with Crippen molar-refractivity contribution in [2.75, 3.05) is 40.0 Å². The average molecular weight is 534 g/mol. The Balaban J connectivity index is 1.61. The summed E-state index contributed by atoms with van der Waals surface area (Å²) in [6.07, 6.45) is 1.97. The number of nitrogens with zero attached hydrogens (tertiary/aromatic N) is 3. The first-order valence-corrected chi connectivity index (χ1v) is 12.4. The maximum absolute atomic E-state index is 13.7. The molecule has 0 bridgehead atoms. The summed E-state index contributed by atoms with van der Waals surface area (Å²) in [6, 6.07) is 7.31. The molecule has 2 aliphatic heterocycles. The summed E-state index contributed by atoms with van der Waals surface area (Å²) in [7, 11) is 1.30. The van der Waals surface area contributed by atoms with Gasteiger partial charge in [0.15, 0.2) is 0 Å². The lowest BCUT2D eigenvalue weighted by Crippen LogP contribution is -2.52. The number of morpholine rings is 1. The van der Waals surface area contributed by atoms with Gasteiger partial charge in [-0.25, -0.2) is 9.78 Å². The number of benzene rings is 1. The number of methoxy groups -OCH3 is 1. The van der Waals surface area contributed by atoms with Crippen LogP contribution in [0, 0.1) is 5.92 Å². The molecule has 0 radical (unpaired) electrons. The molecule has 0 unspecified atom stereocenters. The fourth-order valence-corrected chi connectivity index (χ4v) is 4.95. The van der Waals surface area contributed by atoms with Crippen molar-refractivity contribution in [3.8, 4) is 11.3 Å². The Kier molecular flexibility index (Phi) is 7.90. The largest absolute Gasteiger partial charge is 0.453 e. The van der Waals surface area contributed by atoms with E-state index in [4.69, 9.17) is 9.47 Å². The van der Waals surface area contributed by atoms with E-state index in [1.165, 1.54) is 7.11 Å². The van der Waals surface area contributed by atoms with E-state index in [1.807, 2.05) is 49.2 Å². The second-order valence-corrected chi connectivity index (χ2v) is 10.0. The minimum Gasteiger partial charge on any atom is -0.453 e. The number of halogens is 1. The molecule has 34 heavy (non-hydrogen) atoms. The van der Waals surface area contributed by atoms with E-state index < -0.39 is 12.1 Å². The lowest BCUT2D eigenvalue weighted by molar-refractivity contribution is -0.135. The molecule has 184 valence electrons. The van der Waals surface area contributed by atoms with Gasteiger partial charge in [-0.3, -0.25) is 9.69 Å². The minimum atomic E-state index is -0.681. The van der Waals surface area contributed by atoms with Crippen molar-refractivity contribution in [2.24, 2.45) is 5.92 Å². The van der Waals surface area contributed by atoms with Crippen molar-refractivity contribution < 1.29 is 19.1 Å². The van der Waals surface area contributed by atoms with Crippen LogP contribution in [-0.4, -0.2) is 83.8 Å². The maximum atomic E-state index is 13.7. The molecular formula is C24H32BrN5O4. The average Bonchev–Trinajstić information content (AvgIpc) is 3.50. The van der Waals surface area contributed by atoms with Crippen LogP contribution in [0.2, 0.25) is 0 Å². The van der Waals surface area contributed by atoms with Gasteiger partial charge in [-0.05, 0) is 30.0 Å². The zero-order chi connectivity index (χ0) is 24.2. The van der Waals surface area contributed by atoms with Gasteiger partial charge in [-0.15, -0.1) is 0 Å². The number of imidazole rings is 1. The molecule has 1 aromatic heterocycles. The van der Waals surface area contributed by atoms with Gasteiger partial charge in [-0.1, -0.05) is 41.9 Å². The van der Waals surface area contributed by atoms with Gasteiger partial charge in [0.05, 0.1) is 38.3 Å². The summed E-state index contributed by atoms with van der Waals surface area (Å²) in [5, 5.41) is 2.72. The Hall–Kier alpha value is -2.43. The van der Waals surface area contributed by atoms with E-state index in [0.717, 1.165) is 41.1 Å². The molecule has 0 spiro atoms. The number of carbonyl (C=O) groups is 2. The number of aromatic nitrogens is 2. The van der Waals surface area contributed by atoms with Crippen molar-refractivity contribution in [1.29, 1.82) is 0 Å². The second-order valence-electron chi connectivity index (χ2n) is 9.09. The molecule has 2 aliphatic rings. The van der Waals surface area contributed by atoms with Crippen molar-refractivity contribution in [2.45, 2.75) is 38.4 Å². The highest BCUT2D eigenvalue weighted by atomic mass is 79.9. The first-order chi connectivity index (χ1) is 16.4. The third-order valence-corrected chi connectivity index (χ3v) is 7.11. The number of hydrogen-bond donors (Lipinski definition) is 2. The smallest absolute Gasteiger partial charge is 0.407 e. The van der Waals surface area contributed by atoms with Gasteiger partial charge in [0.25, 0.3) is 0 Å². The molecule has 9 nitrogen and oxygen atoms in total. The van der Waals surface area contributed by atoms with E-state index in [0.29, 0.717) is 19.8 Å². The third kappa shape index (κ3) is 5.45. The van der Waals surface area contributed by atoms with Crippen LogP contribution in [0.3, 0.4) is 0 Å². The van der Waals surface area contributed by atoms with E-state index in [-0.39, 0.29) is 23.9 Å². The summed E-state index contributed by atoms with van der Waals surface area (Å²) in [6.45, 7) is 7.49. The standard InChI is InChI=1S/C24H32BrN5O4/c1-15(2)21(28-24(32)33-3)23(31)30-14-18(29-8-10-34-11-9-29)12-20(30)22-26-13-19(27-22)16-4-6-17(25)7-5-16/h4-7,13,15,18,20-21H,8-12,14H2,1-3H3,(H,26,27)(H,28,32)/t18-,20-,21-/m0/s1. The zero-order valence-electron chi connectivity index (χ0n) is 19.8. The number of ether oxygens (including phenoxy) is 2. The van der Waals surface area contributed by atoms with Crippen molar-refractivity contribution >= 4 is 27.9 Å². The molecular weight excluding hydrogens is 502 g/mol. The molecule has 2 saturated heterocycles. The fraction of sp³-hybridized carbons (Fsp3) is 0.542. The van der Waals surface area contributed by atoms with Gasteiger partial charge in [0.2, 0.25) is 5.91 Å². The number of hydrogen-bond acceptors (Lipinski definition) is 6. The van der Waals surface area contributed by atoms with Crippen LogP contribution in [0.1, 0.15) is 32.1 Å². The van der Waals surface area contributed by atoms with Gasteiger partial charge in [-0.2, -0.15) is 0 Å². The van der Waals surface area contributed by atoms with E-state index in [1.54, 1.807) is 0 Å². The Morgan fingerprint density at radius 3 is 2.59 bits per heavy atom. The highest BCUT2D eigenvalue weighted by Gasteiger charge is 2.43. The molecule has 3 atom stereocenters. The maximum Gasteiger partial charge on any atom is 0.407 e. The molecule has 2 fully saturated rings. The number of rotatable bonds is 6. The highest BCUT2D eigenvalue weighted by Crippen LogP contribution is 2.35. The molecule has 2 N–H and O–H groups in total. The van der Waals surface area contributed by atoms with E-state index in [2.05, 4.69) is 36.1 Å². The molecule has 3 heterocycles. The van der Waals surface area contributed by atoms with Crippen molar-refractivity contribution in [1.82, 2.24) is 25.1 Å². The normalized spacial score (nSPS) is 22.1. The number of alkyl carbamates (subject to hydrolysis) is 1. The fourth-order valence-electron chi connectivity index (χ4n) is 4.68. The monoisotopic (exact) mass is 533 g/mol. The molecule has 1 aromatic carbocycles. The third-order valence-electron chi connectivity index (χ3n) is 6.58. The quantitative estimate of drug-likeness (QED) is 0.591. The topological polar surface area (TPSA) is 99.8 Å². The predicted molar refractivity (Wildman–Crippen MR) is 131 cm³/mol. The van der Waals surface area contributed by atoms with Crippen molar-refractivity contribution in [3.05, 3.63) is 40.8 Å². The number of H-pyrrole nitrogens is 1. The number of aromatic amines is 1. The van der Waals surface area contributed by atoms with Gasteiger partial charge >= 0.3 is 6.09 Å². The van der Waals surface area contributed by atoms with Crippen LogP contribution in [0.15, 0.2) is 34.9 Å². The zero-order valence-corrected chi connectivity index (χ0v) is 21.4. The van der Waals surface area contributed by atoms with Crippen LogP contribution >= 0.6 is 15.9 Å². The lowest BCUT2D eigenvalue weighted by atomic mass is 10.0. The van der Waals surface area contributed by atoms with Crippen LogP contribution in [0.5, 0.6) is 0 Å². The van der Waals surface area contributed by atoms with Crippen molar-refractivity contribution in [3.63, 3.8) is 0 Å². The molecule has 4 rings (SSSR count). The summed E-state index contributed by atoms with van der Waals surface area (Å²) in [4.78, 5) is 38.0. The second kappa shape index (κ2) is 10.9. The van der Waals surface area contributed by atoms with Crippen LogP contribution in [0.25, 0.3) is 11.3 Å². The van der Waals surface area contributed by atoms with Gasteiger partial charge in [0.1, 0.15) is 11.9 Å². The van der Waals surface area contributed by atoms with Crippen LogP contribution in [0.4, 0.5) is 4.79 Å². The number of amides is 2. The number of nitrogens with one attached hydrogen (secondary N) is 2. The summed E-state index contributed by atoms with van der Waals surface area (Å²) in [5.74, 6) is 0.537. The van der Waals surface area contributed by atoms with Crippen LogP contribution in [-0.2, 0) is 14.3 Å². The molecule has 2 amide bonds. The summed E-state index contributed by atoms with van der Waals surface area (Å²) >= 11 is 3.47. The molecule has 0 aliphatic carbocycles. The Morgan fingerprint density at radius 2 is 1.94 bits per heavy atom. The number of likely N-dealkylation sites (tertiary alicyclic amines) is 1. The number of carbonyl (C=O) groups excluding carboxylic acids is 2. The minimum absolute atomic E-state index is 0.0929. The SMILES string of the molecule is COC(=O)N[C@H](C(=O)N1C[C@@H](N2CCOCC2)C[C@H]1c1ncc(-c2ccc(Br)cc2)[nH]1)C(C)C. The first kappa shape index (κ1) is 24.7. The highest BCUT2D eigenvalue weighted by molar-refractivity contribution is 9.10. The Morgan fingerprint density at radius 1 is 1.24 bits per heavy atom. The van der Waals surface area contributed by atoms with Gasteiger partial charge < -0.3 is 24.7 Å². The summed E-state index contributed by atoms with van der Waals surface area (Å²) < 4.78 is 11.3. The molecule has 0 saturated carbocycles. The first-order valence-electron chi connectivity index (χ1n) is 11.6. The molecule has 2 aromatic rings. The van der Waals surface area contributed by atoms with E-state index in [9.17, 15) is 9.59 Å². The van der Waals surface area contributed by atoms with Crippen LogP contribution < -0.4 is 5.32 Å². The molecule has 10 heteroatoms.